The lowest BCUT2D eigenvalue weighted by Crippen LogP contribution is -2.07. The monoisotopic (exact) mass is 319 g/mol. The molecule has 0 aliphatic heterocycles. The highest BCUT2D eigenvalue weighted by Gasteiger charge is 2.15. The predicted octanol–water partition coefficient (Wildman–Crippen LogP) is 3.41. The van der Waals surface area contributed by atoms with Crippen molar-refractivity contribution >= 4 is 11.7 Å². The zero-order valence-electron chi connectivity index (χ0n) is 12.5. The Labute approximate surface area is 131 Å². The first-order chi connectivity index (χ1) is 10.9. The number of aryl methyl sites for hydroxylation is 1. The highest BCUT2D eigenvalue weighted by Crippen LogP contribution is 2.22. The highest BCUT2D eigenvalue weighted by molar-refractivity contribution is 5.90. The molecule has 0 atom stereocenters. The molecule has 23 heavy (non-hydrogen) atoms. The molecule has 0 heterocycles. The average Bonchev–Trinajstić information content (AvgIpc) is 2.52. The summed E-state index contributed by atoms with van der Waals surface area (Å²) >= 11 is 0. The number of ether oxygens (including phenoxy) is 2. The molecule has 0 fully saturated rings. The van der Waals surface area contributed by atoms with E-state index in [-0.39, 0.29) is 17.9 Å². The van der Waals surface area contributed by atoms with Gasteiger partial charge in [0.05, 0.1) is 17.6 Å². The Kier molecular flexibility index (Phi) is 4.90. The fraction of sp³-hybridized carbons (Fsp3) is 0.188. The van der Waals surface area contributed by atoms with Crippen LogP contribution in [0.1, 0.15) is 21.5 Å². The molecule has 0 unspecified atom stereocenters. The summed E-state index contributed by atoms with van der Waals surface area (Å²) in [5, 5.41) is 10.8. The molecular weight excluding hydrogens is 305 g/mol. The molecule has 2 rings (SSSR count). The molecule has 0 aromatic heterocycles. The van der Waals surface area contributed by atoms with Crippen molar-refractivity contribution in [3.63, 3.8) is 0 Å². The number of halogens is 1. The highest BCUT2D eigenvalue weighted by atomic mass is 19.1. The molecule has 0 bridgehead atoms. The predicted molar refractivity (Wildman–Crippen MR) is 79.9 cm³/mol. The van der Waals surface area contributed by atoms with Crippen LogP contribution in [0, 0.1) is 22.9 Å². The largest absolute Gasteiger partial charge is 0.496 e. The van der Waals surface area contributed by atoms with Crippen LogP contribution in [0.3, 0.4) is 0 Å². The molecule has 7 heteroatoms. The van der Waals surface area contributed by atoms with Gasteiger partial charge in [-0.2, -0.15) is 0 Å². The third-order valence-electron chi connectivity index (χ3n) is 3.23. The number of hydrogen-bond donors (Lipinski definition) is 0. The normalized spacial score (nSPS) is 10.2. The second kappa shape index (κ2) is 6.87. The van der Waals surface area contributed by atoms with Crippen molar-refractivity contribution in [1.29, 1.82) is 0 Å². The van der Waals surface area contributed by atoms with E-state index in [1.165, 1.54) is 50.4 Å². The van der Waals surface area contributed by atoms with E-state index in [4.69, 9.17) is 9.47 Å². The molecule has 0 spiro atoms. The Morgan fingerprint density at radius 1 is 1.26 bits per heavy atom. The molecule has 0 radical (unpaired) electrons. The number of nitro benzene ring substituents is 1. The Morgan fingerprint density at radius 3 is 2.61 bits per heavy atom. The summed E-state index contributed by atoms with van der Waals surface area (Å²) in [6.07, 6.45) is 0. The minimum Gasteiger partial charge on any atom is -0.496 e. The Bertz CT molecular complexity index is 760. The summed E-state index contributed by atoms with van der Waals surface area (Å²) in [5.41, 5.74) is 0.851. The van der Waals surface area contributed by atoms with Crippen LogP contribution in [0.25, 0.3) is 0 Å². The van der Waals surface area contributed by atoms with Gasteiger partial charge in [0.1, 0.15) is 18.2 Å². The van der Waals surface area contributed by atoms with Crippen molar-refractivity contribution in [3.05, 3.63) is 69.0 Å². The maximum absolute atomic E-state index is 13.2. The van der Waals surface area contributed by atoms with Gasteiger partial charge in [-0.3, -0.25) is 10.1 Å². The van der Waals surface area contributed by atoms with E-state index in [9.17, 15) is 19.3 Å². The zero-order chi connectivity index (χ0) is 17.0. The molecule has 0 aliphatic carbocycles. The fourth-order valence-corrected chi connectivity index (χ4v) is 2.07. The van der Waals surface area contributed by atoms with Crippen molar-refractivity contribution in [1.82, 2.24) is 0 Å². The van der Waals surface area contributed by atoms with Gasteiger partial charge in [0.25, 0.3) is 5.69 Å². The molecule has 0 amide bonds. The standard InChI is InChI=1S/C16H14FNO5/c1-10-7-11(3-5-14(10)18(20)21)16(19)23-9-12-8-13(17)4-6-15(12)22-2/h3-8H,9H2,1-2H3. The van der Waals surface area contributed by atoms with E-state index in [1.807, 2.05) is 0 Å². The summed E-state index contributed by atoms with van der Waals surface area (Å²) in [6, 6.07) is 7.83. The van der Waals surface area contributed by atoms with Crippen molar-refractivity contribution in [2.24, 2.45) is 0 Å². The van der Waals surface area contributed by atoms with Crippen LogP contribution in [0.4, 0.5) is 10.1 Å². The van der Waals surface area contributed by atoms with Gasteiger partial charge in [0, 0.05) is 17.2 Å². The topological polar surface area (TPSA) is 78.7 Å². The van der Waals surface area contributed by atoms with Gasteiger partial charge >= 0.3 is 5.97 Å². The van der Waals surface area contributed by atoms with Crippen LogP contribution >= 0.6 is 0 Å². The van der Waals surface area contributed by atoms with Gasteiger partial charge in [-0.1, -0.05) is 0 Å². The Morgan fingerprint density at radius 2 is 2.00 bits per heavy atom. The van der Waals surface area contributed by atoms with Crippen LogP contribution in [0.15, 0.2) is 36.4 Å². The first kappa shape index (κ1) is 16.4. The van der Waals surface area contributed by atoms with Gasteiger partial charge < -0.3 is 9.47 Å². The summed E-state index contributed by atoms with van der Waals surface area (Å²) in [5.74, 6) is -0.726. The number of methoxy groups -OCH3 is 1. The molecular formula is C16H14FNO5. The van der Waals surface area contributed by atoms with E-state index in [1.54, 1.807) is 0 Å². The van der Waals surface area contributed by atoms with Crippen molar-refractivity contribution < 1.29 is 23.6 Å². The number of carbonyl (C=O) groups excluding carboxylic acids is 1. The van der Waals surface area contributed by atoms with E-state index < -0.39 is 16.7 Å². The van der Waals surface area contributed by atoms with Gasteiger partial charge in [0.15, 0.2) is 0 Å². The lowest BCUT2D eigenvalue weighted by molar-refractivity contribution is -0.385. The van der Waals surface area contributed by atoms with E-state index in [0.29, 0.717) is 16.9 Å². The smallest absolute Gasteiger partial charge is 0.338 e. The van der Waals surface area contributed by atoms with Crippen LogP contribution in [0.5, 0.6) is 5.75 Å². The van der Waals surface area contributed by atoms with Crippen LogP contribution < -0.4 is 4.74 Å². The molecule has 2 aromatic carbocycles. The third kappa shape index (κ3) is 3.82. The molecule has 0 aliphatic rings. The number of hydrogen-bond acceptors (Lipinski definition) is 5. The fourth-order valence-electron chi connectivity index (χ4n) is 2.07. The molecule has 0 saturated heterocycles. The summed E-state index contributed by atoms with van der Waals surface area (Å²) < 4.78 is 23.4. The van der Waals surface area contributed by atoms with Gasteiger partial charge in [-0.15, -0.1) is 0 Å². The Balaban J connectivity index is 2.13. The van der Waals surface area contributed by atoms with Crippen molar-refractivity contribution in [3.8, 4) is 5.75 Å². The second-order valence-corrected chi connectivity index (χ2v) is 4.79. The third-order valence-corrected chi connectivity index (χ3v) is 3.23. The minimum atomic E-state index is -0.658. The van der Waals surface area contributed by atoms with Gasteiger partial charge in [-0.05, 0) is 37.3 Å². The summed E-state index contributed by atoms with van der Waals surface area (Å²) in [4.78, 5) is 22.2. The first-order valence-corrected chi connectivity index (χ1v) is 6.67. The number of esters is 1. The van der Waals surface area contributed by atoms with Gasteiger partial charge in [-0.25, -0.2) is 9.18 Å². The van der Waals surface area contributed by atoms with E-state index in [0.717, 1.165) is 0 Å². The second-order valence-electron chi connectivity index (χ2n) is 4.79. The number of nitrogens with zero attached hydrogens (tertiary/aromatic N) is 1. The van der Waals surface area contributed by atoms with Crippen LogP contribution in [-0.2, 0) is 11.3 Å². The zero-order valence-corrected chi connectivity index (χ0v) is 12.5. The molecule has 2 aromatic rings. The maximum atomic E-state index is 13.2. The lowest BCUT2D eigenvalue weighted by atomic mass is 10.1. The van der Waals surface area contributed by atoms with Crippen molar-refractivity contribution in [2.75, 3.05) is 7.11 Å². The number of carbonyl (C=O) groups is 1. The number of nitro groups is 1. The van der Waals surface area contributed by atoms with E-state index >= 15 is 0 Å². The quantitative estimate of drug-likeness (QED) is 0.479. The summed E-state index contributed by atoms with van der Waals surface area (Å²) in [6.45, 7) is 1.36. The molecule has 0 N–H and O–H groups in total. The molecule has 120 valence electrons. The van der Waals surface area contributed by atoms with E-state index in [2.05, 4.69) is 0 Å². The summed E-state index contributed by atoms with van der Waals surface area (Å²) in [7, 11) is 1.43. The minimum absolute atomic E-state index is 0.0756. The SMILES string of the molecule is COc1ccc(F)cc1COC(=O)c1ccc([N+](=O)[O-])c(C)c1. The molecule has 0 saturated carbocycles. The maximum Gasteiger partial charge on any atom is 0.338 e. The lowest BCUT2D eigenvalue weighted by Gasteiger charge is -2.10. The number of rotatable bonds is 5. The first-order valence-electron chi connectivity index (χ1n) is 6.67. The Hall–Kier alpha value is -2.96. The van der Waals surface area contributed by atoms with Crippen LogP contribution in [0.2, 0.25) is 0 Å². The van der Waals surface area contributed by atoms with Crippen LogP contribution in [-0.4, -0.2) is 18.0 Å². The van der Waals surface area contributed by atoms with Crippen molar-refractivity contribution in [2.45, 2.75) is 13.5 Å². The molecule has 6 nitrogen and oxygen atoms in total. The van der Waals surface area contributed by atoms with Gasteiger partial charge in [0.2, 0.25) is 0 Å². The number of benzene rings is 2. The average molecular weight is 319 g/mol.